The number of benzene rings is 2. The minimum atomic E-state index is -0.348. The summed E-state index contributed by atoms with van der Waals surface area (Å²) in [6.45, 7) is 11.0. The van der Waals surface area contributed by atoms with Gasteiger partial charge in [0.25, 0.3) is 5.91 Å². The van der Waals surface area contributed by atoms with E-state index in [1.165, 1.54) is 5.56 Å². The first kappa shape index (κ1) is 22.3. The Hall–Kier alpha value is -3.02. The Kier molecular flexibility index (Phi) is 8.52. The molecule has 0 saturated carbocycles. The lowest BCUT2D eigenvalue weighted by Crippen LogP contribution is -2.20. The Bertz CT molecular complexity index is 817. The summed E-state index contributed by atoms with van der Waals surface area (Å²) < 4.78 is 17.0. The van der Waals surface area contributed by atoms with Gasteiger partial charge in [-0.15, -0.1) is 0 Å². The normalized spacial score (nSPS) is 11.1. The van der Waals surface area contributed by atoms with Crippen LogP contribution < -0.4 is 19.6 Å². The summed E-state index contributed by atoms with van der Waals surface area (Å²) in [6.07, 6.45) is 0.981. The molecular formula is C23H30N2O4. The second-order valence-electron chi connectivity index (χ2n) is 6.29. The van der Waals surface area contributed by atoms with E-state index >= 15 is 0 Å². The molecule has 0 heterocycles. The summed E-state index contributed by atoms with van der Waals surface area (Å²) in [5.74, 6) is 1.10. The van der Waals surface area contributed by atoms with E-state index in [9.17, 15) is 4.79 Å². The fourth-order valence-corrected chi connectivity index (χ4v) is 2.77. The monoisotopic (exact) mass is 398 g/mol. The van der Waals surface area contributed by atoms with Crippen LogP contribution >= 0.6 is 0 Å². The number of amides is 1. The number of nitrogens with one attached hydrogen (secondary N) is 1. The van der Waals surface area contributed by atoms with Gasteiger partial charge >= 0.3 is 0 Å². The number of rotatable bonds is 10. The first-order valence-electron chi connectivity index (χ1n) is 10.0. The molecule has 0 unspecified atom stereocenters. The van der Waals surface area contributed by atoms with Crippen molar-refractivity contribution in [2.24, 2.45) is 5.10 Å². The molecule has 1 amide bonds. The van der Waals surface area contributed by atoms with Gasteiger partial charge in [0.15, 0.2) is 11.5 Å². The van der Waals surface area contributed by atoms with Gasteiger partial charge < -0.3 is 14.2 Å². The van der Waals surface area contributed by atoms with E-state index in [1.54, 1.807) is 12.1 Å². The van der Waals surface area contributed by atoms with Crippen molar-refractivity contribution in [3.05, 3.63) is 53.1 Å². The smallest absolute Gasteiger partial charge is 0.271 e. The maximum atomic E-state index is 12.7. The number of hydrogen-bond acceptors (Lipinski definition) is 5. The van der Waals surface area contributed by atoms with Gasteiger partial charge in [-0.05, 0) is 57.4 Å². The van der Waals surface area contributed by atoms with Crippen molar-refractivity contribution in [1.29, 1.82) is 0 Å². The van der Waals surface area contributed by atoms with Crippen molar-refractivity contribution in [3.63, 3.8) is 0 Å². The molecule has 6 heteroatoms. The van der Waals surface area contributed by atoms with E-state index in [2.05, 4.69) is 29.6 Å². The highest BCUT2D eigenvalue weighted by molar-refractivity contribution is 6.01. The number of carbonyl (C=O) groups is 1. The highest BCUT2D eigenvalue weighted by atomic mass is 16.5. The number of carbonyl (C=O) groups excluding carboxylic acids is 1. The largest absolute Gasteiger partial charge is 0.490 e. The highest BCUT2D eigenvalue weighted by Gasteiger charge is 2.18. The topological polar surface area (TPSA) is 69.2 Å². The molecule has 0 saturated heterocycles. The lowest BCUT2D eigenvalue weighted by atomic mass is 10.1. The molecule has 0 aromatic heterocycles. The second-order valence-corrected chi connectivity index (χ2v) is 6.29. The number of nitrogens with zero attached hydrogens (tertiary/aromatic N) is 1. The lowest BCUT2D eigenvalue weighted by Gasteiger charge is -2.16. The van der Waals surface area contributed by atoms with Crippen LogP contribution in [0.5, 0.6) is 17.2 Å². The Morgan fingerprint density at radius 1 is 0.862 bits per heavy atom. The summed E-state index contributed by atoms with van der Waals surface area (Å²) in [4.78, 5) is 12.7. The average Bonchev–Trinajstić information content (AvgIpc) is 2.74. The van der Waals surface area contributed by atoms with Crippen LogP contribution in [0.25, 0.3) is 0 Å². The molecule has 29 heavy (non-hydrogen) atoms. The lowest BCUT2D eigenvalue weighted by molar-refractivity contribution is 0.0953. The van der Waals surface area contributed by atoms with E-state index in [0.717, 1.165) is 17.7 Å². The average molecular weight is 399 g/mol. The predicted octanol–water partition coefficient (Wildman–Crippen LogP) is 4.60. The number of aryl methyl sites for hydroxylation is 1. The van der Waals surface area contributed by atoms with Crippen LogP contribution in [-0.2, 0) is 6.42 Å². The molecule has 0 aliphatic heterocycles. The number of hydrazone groups is 1. The molecule has 2 aromatic carbocycles. The van der Waals surface area contributed by atoms with Crippen molar-refractivity contribution in [2.75, 3.05) is 19.8 Å². The van der Waals surface area contributed by atoms with Gasteiger partial charge in [-0.3, -0.25) is 4.79 Å². The summed E-state index contributed by atoms with van der Waals surface area (Å²) in [6, 6.07) is 11.4. The SMILES string of the molecule is CCOc1cc(C(=O)N/N=C(\C)c2ccc(CC)cc2)cc(OCC)c1OCC. The van der Waals surface area contributed by atoms with Crippen LogP contribution in [0.15, 0.2) is 41.5 Å². The van der Waals surface area contributed by atoms with Crippen LogP contribution in [0.1, 0.15) is 56.1 Å². The van der Waals surface area contributed by atoms with Gasteiger partial charge in [0.05, 0.1) is 25.5 Å². The van der Waals surface area contributed by atoms with E-state index in [1.807, 2.05) is 39.8 Å². The minimum absolute atomic E-state index is 0.348. The maximum Gasteiger partial charge on any atom is 0.271 e. The minimum Gasteiger partial charge on any atom is -0.490 e. The van der Waals surface area contributed by atoms with Gasteiger partial charge in [0, 0.05) is 5.56 Å². The van der Waals surface area contributed by atoms with Crippen molar-refractivity contribution in [1.82, 2.24) is 5.43 Å². The fourth-order valence-electron chi connectivity index (χ4n) is 2.77. The Labute approximate surface area is 172 Å². The summed E-state index contributed by atoms with van der Waals surface area (Å²) in [7, 11) is 0. The molecule has 1 N–H and O–H groups in total. The first-order valence-corrected chi connectivity index (χ1v) is 10.0. The molecule has 6 nitrogen and oxygen atoms in total. The molecule has 0 radical (unpaired) electrons. The molecule has 2 aromatic rings. The zero-order valence-corrected chi connectivity index (χ0v) is 17.9. The molecule has 2 rings (SSSR count). The zero-order chi connectivity index (χ0) is 21.2. The summed E-state index contributed by atoms with van der Waals surface area (Å²) in [5, 5.41) is 4.24. The summed E-state index contributed by atoms with van der Waals surface area (Å²) >= 11 is 0. The second kappa shape index (κ2) is 11.1. The van der Waals surface area contributed by atoms with Gasteiger partial charge in [-0.2, -0.15) is 5.10 Å². The number of ether oxygens (including phenoxy) is 3. The first-order chi connectivity index (χ1) is 14.0. The Morgan fingerprint density at radius 2 is 1.41 bits per heavy atom. The van der Waals surface area contributed by atoms with E-state index in [4.69, 9.17) is 14.2 Å². The van der Waals surface area contributed by atoms with Gasteiger partial charge in [-0.25, -0.2) is 5.43 Å². The maximum absolute atomic E-state index is 12.7. The third kappa shape index (κ3) is 5.98. The standard InChI is InChI=1S/C23H30N2O4/c1-6-17-10-12-18(13-11-17)16(5)24-25-23(26)19-14-20(27-7-2)22(29-9-4)21(15-19)28-8-3/h10-15H,6-9H2,1-5H3,(H,25,26)/b24-16+. The van der Waals surface area contributed by atoms with Crippen molar-refractivity contribution in [3.8, 4) is 17.2 Å². The predicted molar refractivity (Wildman–Crippen MR) is 115 cm³/mol. The Morgan fingerprint density at radius 3 is 1.90 bits per heavy atom. The Balaban J connectivity index is 2.26. The zero-order valence-electron chi connectivity index (χ0n) is 17.9. The third-order valence-corrected chi connectivity index (χ3v) is 4.28. The summed E-state index contributed by atoms with van der Waals surface area (Å²) in [5.41, 5.74) is 5.94. The van der Waals surface area contributed by atoms with Gasteiger partial charge in [0.2, 0.25) is 5.75 Å². The highest BCUT2D eigenvalue weighted by Crippen LogP contribution is 2.39. The third-order valence-electron chi connectivity index (χ3n) is 4.28. The molecule has 0 aliphatic rings. The van der Waals surface area contributed by atoms with E-state index in [-0.39, 0.29) is 5.91 Å². The fraction of sp³-hybridized carbons (Fsp3) is 0.391. The van der Waals surface area contributed by atoms with Crippen LogP contribution in [0.2, 0.25) is 0 Å². The van der Waals surface area contributed by atoms with Crippen LogP contribution in [0.3, 0.4) is 0 Å². The van der Waals surface area contributed by atoms with Crippen molar-refractivity contribution in [2.45, 2.75) is 41.0 Å². The van der Waals surface area contributed by atoms with Gasteiger partial charge in [0.1, 0.15) is 0 Å². The van der Waals surface area contributed by atoms with Crippen LogP contribution in [-0.4, -0.2) is 31.4 Å². The molecule has 0 spiro atoms. The molecule has 0 atom stereocenters. The molecule has 0 bridgehead atoms. The van der Waals surface area contributed by atoms with Crippen LogP contribution in [0, 0.1) is 0 Å². The van der Waals surface area contributed by atoms with E-state index in [0.29, 0.717) is 42.6 Å². The molecular weight excluding hydrogens is 368 g/mol. The van der Waals surface area contributed by atoms with Crippen LogP contribution in [0.4, 0.5) is 0 Å². The van der Waals surface area contributed by atoms with E-state index < -0.39 is 0 Å². The quantitative estimate of drug-likeness (QED) is 0.469. The number of hydrogen-bond donors (Lipinski definition) is 1. The molecule has 0 aliphatic carbocycles. The van der Waals surface area contributed by atoms with Crippen molar-refractivity contribution >= 4 is 11.6 Å². The molecule has 0 fully saturated rings. The molecule has 156 valence electrons. The van der Waals surface area contributed by atoms with Crippen molar-refractivity contribution < 1.29 is 19.0 Å². The van der Waals surface area contributed by atoms with Gasteiger partial charge in [-0.1, -0.05) is 31.2 Å².